The highest BCUT2D eigenvalue weighted by atomic mass is 16.4. The number of amides is 4. The van der Waals surface area contributed by atoms with Crippen LogP contribution in [-0.2, 0) is 30.4 Å². The van der Waals surface area contributed by atoms with Crippen LogP contribution < -0.4 is 27.4 Å². The lowest BCUT2D eigenvalue weighted by molar-refractivity contribution is -0.141. The van der Waals surface area contributed by atoms with Gasteiger partial charge >= 0.3 is 5.97 Å². The molecule has 4 amide bonds. The SMILES string of the molecule is CC(C)CC(NC(=O)C(N)CC(N)=O)C(=O)NC(Cc1cnc[nH]1)C(=O)NC(C)C(=O)O. The maximum atomic E-state index is 12.9. The summed E-state index contributed by atoms with van der Waals surface area (Å²) < 4.78 is 0. The van der Waals surface area contributed by atoms with Crippen molar-refractivity contribution in [1.82, 2.24) is 25.9 Å². The number of hydrogen-bond acceptors (Lipinski definition) is 7. The highest BCUT2D eigenvalue weighted by Gasteiger charge is 2.30. The lowest BCUT2D eigenvalue weighted by Gasteiger charge is -2.25. The van der Waals surface area contributed by atoms with Crippen LogP contribution in [0, 0.1) is 5.92 Å². The van der Waals surface area contributed by atoms with E-state index in [-0.39, 0.29) is 25.2 Å². The van der Waals surface area contributed by atoms with Gasteiger partial charge in [-0.2, -0.15) is 0 Å². The quantitative estimate of drug-likeness (QED) is 0.172. The zero-order valence-electron chi connectivity index (χ0n) is 18.3. The summed E-state index contributed by atoms with van der Waals surface area (Å²) in [5, 5.41) is 16.4. The molecular formula is C19H31N7O6. The topological polar surface area (TPSA) is 222 Å². The van der Waals surface area contributed by atoms with Crippen molar-refractivity contribution in [2.24, 2.45) is 17.4 Å². The third-order valence-corrected chi connectivity index (χ3v) is 4.44. The Morgan fingerprint density at radius 2 is 1.62 bits per heavy atom. The third-order valence-electron chi connectivity index (χ3n) is 4.44. The molecule has 0 saturated heterocycles. The Balaban J connectivity index is 2.99. The fourth-order valence-electron chi connectivity index (χ4n) is 2.76. The second-order valence-electron chi connectivity index (χ2n) is 7.88. The summed E-state index contributed by atoms with van der Waals surface area (Å²) in [7, 11) is 0. The highest BCUT2D eigenvalue weighted by Crippen LogP contribution is 2.08. The van der Waals surface area contributed by atoms with Gasteiger partial charge in [-0.3, -0.25) is 24.0 Å². The van der Waals surface area contributed by atoms with Crippen molar-refractivity contribution in [1.29, 1.82) is 0 Å². The predicted molar refractivity (Wildman–Crippen MR) is 113 cm³/mol. The van der Waals surface area contributed by atoms with E-state index < -0.39 is 53.8 Å². The maximum Gasteiger partial charge on any atom is 0.325 e. The fourth-order valence-corrected chi connectivity index (χ4v) is 2.76. The zero-order valence-corrected chi connectivity index (χ0v) is 18.3. The number of carbonyl (C=O) groups is 5. The Kier molecular flexibility index (Phi) is 10.3. The summed E-state index contributed by atoms with van der Waals surface area (Å²) in [6.45, 7) is 4.95. The molecule has 1 aromatic rings. The number of carboxylic acid groups (broad SMARTS) is 1. The first-order valence-electron chi connectivity index (χ1n) is 10.1. The minimum atomic E-state index is -1.24. The molecule has 13 heteroatoms. The van der Waals surface area contributed by atoms with E-state index in [1.54, 1.807) is 0 Å². The largest absolute Gasteiger partial charge is 0.480 e. The monoisotopic (exact) mass is 453 g/mol. The average molecular weight is 454 g/mol. The van der Waals surface area contributed by atoms with Crippen molar-refractivity contribution in [3.8, 4) is 0 Å². The van der Waals surface area contributed by atoms with Crippen molar-refractivity contribution in [2.45, 2.75) is 64.2 Å². The molecule has 0 bridgehead atoms. The van der Waals surface area contributed by atoms with Gasteiger partial charge in [0.05, 0.1) is 18.8 Å². The second kappa shape index (κ2) is 12.4. The number of imidazole rings is 1. The second-order valence-corrected chi connectivity index (χ2v) is 7.88. The maximum absolute atomic E-state index is 12.9. The number of carbonyl (C=O) groups excluding carboxylic acids is 4. The number of nitrogens with zero attached hydrogens (tertiary/aromatic N) is 1. The van der Waals surface area contributed by atoms with E-state index in [1.165, 1.54) is 19.4 Å². The van der Waals surface area contributed by atoms with Crippen LogP contribution in [0.4, 0.5) is 0 Å². The molecule has 1 rings (SSSR count). The molecule has 0 aliphatic rings. The van der Waals surface area contributed by atoms with Crippen LogP contribution in [0.5, 0.6) is 0 Å². The molecule has 32 heavy (non-hydrogen) atoms. The van der Waals surface area contributed by atoms with Crippen LogP contribution in [0.2, 0.25) is 0 Å². The first-order valence-corrected chi connectivity index (χ1v) is 10.1. The fraction of sp³-hybridized carbons (Fsp3) is 0.579. The van der Waals surface area contributed by atoms with E-state index in [9.17, 15) is 24.0 Å². The Hall–Kier alpha value is -3.48. The van der Waals surface area contributed by atoms with E-state index >= 15 is 0 Å². The Morgan fingerprint density at radius 1 is 1.03 bits per heavy atom. The number of carboxylic acids is 1. The molecule has 13 nitrogen and oxygen atoms in total. The van der Waals surface area contributed by atoms with Gasteiger partial charge in [-0.05, 0) is 19.3 Å². The van der Waals surface area contributed by atoms with Gasteiger partial charge < -0.3 is 37.5 Å². The lowest BCUT2D eigenvalue weighted by Crippen LogP contribution is -2.57. The zero-order chi connectivity index (χ0) is 24.4. The van der Waals surface area contributed by atoms with Crippen molar-refractivity contribution >= 4 is 29.6 Å². The summed E-state index contributed by atoms with van der Waals surface area (Å²) in [6, 6.07) is -4.59. The van der Waals surface area contributed by atoms with Crippen LogP contribution in [0.3, 0.4) is 0 Å². The summed E-state index contributed by atoms with van der Waals surface area (Å²) in [5.74, 6) is -4.13. The van der Waals surface area contributed by atoms with Crippen LogP contribution in [-0.4, -0.2) is 68.8 Å². The molecular weight excluding hydrogens is 422 g/mol. The smallest absolute Gasteiger partial charge is 0.325 e. The van der Waals surface area contributed by atoms with Gasteiger partial charge in [0.15, 0.2) is 0 Å². The van der Waals surface area contributed by atoms with Crippen molar-refractivity contribution in [3.63, 3.8) is 0 Å². The van der Waals surface area contributed by atoms with Crippen molar-refractivity contribution in [3.05, 3.63) is 18.2 Å². The van der Waals surface area contributed by atoms with Crippen molar-refractivity contribution in [2.75, 3.05) is 0 Å². The molecule has 0 fully saturated rings. The average Bonchev–Trinajstić information content (AvgIpc) is 3.18. The molecule has 4 atom stereocenters. The number of rotatable bonds is 13. The summed E-state index contributed by atoms with van der Waals surface area (Å²) in [5.41, 5.74) is 11.2. The van der Waals surface area contributed by atoms with Gasteiger partial charge in [-0.15, -0.1) is 0 Å². The van der Waals surface area contributed by atoms with Gasteiger partial charge in [-0.1, -0.05) is 13.8 Å². The Labute approximate surface area is 185 Å². The third kappa shape index (κ3) is 9.12. The van der Waals surface area contributed by atoms with Crippen molar-refractivity contribution < 1.29 is 29.1 Å². The van der Waals surface area contributed by atoms with E-state index in [2.05, 4.69) is 25.9 Å². The molecule has 4 unspecified atom stereocenters. The molecule has 0 radical (unpaired) electrons. The molecule has 178 valence electrons. The van der Waals surface area contributed by atoms with Gasteiger partial charge in [-0.25, -0.2) is 4.98 Å². The minimum absolute atomic E-state index is 0.00739. The van der Waals surface area contributed by atoms with Gasteiger partial charge in [0.1, 0.15) is 18.1 Å². The van der Waals surface area contributed by atoms with Gasteiger partial charge in [0, 0.05) is 18.3 Å². The number of aromatic amines is 1. The molecule has 0 spiro atoms. The molecule has 1 aromatic heterocycles. The molecule has 0 aliphatic heterocycles. The van der Waals surface area contributed by atoms with E-state index in [0.29, 0.717) is 5.69 Å². The minimum Gasteiger partial charge on any atom is -0.480 e. The van der Waals surface area contributed by atoms with E-state index in [4.69, 9.17) is 16.6 Å². The normalized spacial score (nSPS) is 14.7. The number of nitrogens with two attached hydrogens (primary N) is 2. The number of nitrogens with one attached hydrogen (secondary N) is 4. The standard InChI is InChI=1S/C19H31N7O6/c1-9(2)4-13(25-16(28)12(20)6-15(21)27)18(30)26-14(5-11-7-22-8-23-11)17(29)24-10(3)19(31)32/h7-10,12-14H,4-6,20H2,1-3H3,(H2,21,27)(H,22,23)(H,24,29)(H,25,28)(H,26,30)(H,31,32). The molecule has 1 heterocycles. The lowest BCUT2D eigenvalue weighted by atomic mass is 10.0. The van der Waals surface area contributed by atoms with E-state index in [0.717, 1.165) is 0 Å². The van der Waals surface area contributed by atoms with E-state index in [1.807, 2.05) is 13.8 Å². The number of aliphatic carboxylic acids is 1. The summed E-state index contributed by atoms with van der Waals surface area (Å²) in [4.78, 5) is 66.6. The summed E-state index contributed by atoms with van der Waals surface area (Å²) in [6.07, 6.45) is 2.70. The molecule has 9 N–H and O–H groups in total. The van der Waals surface area contributed by atoms with Crippen LogP contribution in [0.1, 0.15) is 39.3 Å². The first-order chi connectivity index (χ1) is 14.9. The number of hydrogen-bond donors (Lipinski definition) is 7. The molecule has 0 saturated carbocycles. The Morgan fingerprint density at radius 3 is 2.12 bits per heavy atom. The Bertz CT molecular complexity index is 811. The number of primary amides is 1. The van der Waals surface area contributed by atoms with Gasteiger partial charge in [0.2, 0.25) is 23.6 Å². The highest BCUT2D eigenvalue weighted by molar-refractivity contribution is 5.95. The number of H-pyrrole nitrogens is 1. The van der Waals surface area contributed by atoms with Crippen LogP contribution in [0.25, 0.3) is 0 Å². The van der Waals surface area contributed by atoms with Gasteiger partial charge in [0.25, 0.3) is 0 Å². The molecule has 0 aromatic carbocycles. The number of aromatic nitrogens is 2. The van der Waals surface area contributed by atoms with Crippen LogP contribution >= 0.6 is 0 Å². The first kappa shape index (κ1) is 26.6. The summed E-state index contributed by atoms with van der Waals surface area (Å²) >= 11 is 0. The molecule has 0 aliphatic carbocycles. The van der Waals surface area contributed by atoms with Crippen LogP contribution in [0.15, 0.2) is 12.5 Å². The predicted octanol–water partition coefficient (Wildman–Crippen LogP) is -2.24.